The van der Waals surface area contributed by atoms with Gasteiger partial charge in [-0.1, -0.05) is 19.9 Å². The zero-order valence-electron chi connectivity index (χ0n) is 15.9. The van der Waals surface area contributed by atoms with E-state index in [0.717, 1.165) is 42.7 Å². The summed E-state index contributed by atoms with van der Waals surface area (Å²) in [6.07, 6.45) is 0. The van der Waals surface area contributed by atoms with Gasteiger partial charge in [0.15, 0.2) is 17.5 Å². The van der Waals surface area contributed by atoms with Crippen molar-refractivity contribution in [3.8, 4) is 11.5 Å². The molecule has 1 aromatic carbocycles. The van der Waals surface area contributed by atoms with Crippen LogP contribution in [-0.2, 0) is 6.54 Å². The van der Waals surface area contributed by atoms with E-state index >= 15 is 0 Å². The molecular weight excluding hydrogens is 431 g/mol. The normalized spacial score (nSPS) is 13.6. The van der Waals surface area contributed by atoms with Crippen molar-refractivity contribution in [3.05, 3.63) is 23.8 Å². The minimum Gasteiger partial charge on any atom is -0.454 e. The molecule has 2 N–H and O–H groups in total. The van der Waals surface area contributed by atoms with Crippen LogP contribution in [0.1, 0.15) is 26.3 Å². The number of nitrogens with one attached hydrogen (secondary N) is 2. The summed E-state index contributed by atoms with van der Waals surface area (Å²) < 4.78 is 10.8. The highest BCUT2D eigenvalue weighted by Crippen LogP contribution is 2.32. The van der Waals surface area contributed by atoms with E-state index in [1.165, 1.54) is 0 Å². The summed E-state index contributed by atoms with van der Waals surface area (Å²) in [7, 11) is 4.20. The van der Waals surface area contributed by atoms with Crippen LogP contribution in [0.3, 0.4) is 0 Å². The lowest BCUT2D eigenvalue weighted by Crippen LogP contribution is -2.44. The number of ether oxygens (including phenoxy) is 2. The molecular formula is C18H31IN4O2. The highest BCUT2D eigenvalue weighted by atomic mass is 127. The minimum atomic E-state index is 0. The summed E-state index contributed by atoms with van der Waals surface area (Å²) in [6, 6.07) is 5.95. The van der Waals surface area contributed by atoms with Crippen LogP contribution in [0.4, 0.5) is 0 Å². The maximum Gasteiger partial charge on any atom is 0.231 e. The second-order valence-corrected chi connectivity index (χ2v) is 7.14. The van der Waals surface area contributed by atoms with E-state index in [2.05, 4.69) is 55.4 Å². The SMILES string of the molecule is CCNC(=NCc1ccc2c(c1)OCO2)NCC(C)(C)CN(C)C.I. The Balaban J connectivity index is 0.00000312. The number of fused-ring (bicyclic) bond motifs is 1. The molecule has 0 atom stereocenters. The zero-order chi connectivity index (χ0) is 17.6. The van der Waals surface area contributed by atoms with Gasteiger partial charge in [-0.3, -0.25) is 0 Å². The van der Waals surface area contributed by atoms with Crippen LogP contribution in [0.25, 0.3) is 0 Å². The number of benzene rings is 1. The first-order chi connectivity index (χ1) is 11.4. The van der Waals surface area contributed by atoms with Crippen LogP contribution >= 0.6 is 24.0 Å². The molecule has 1 aliphatic rings. The van der Waals surface area contributed by atoms with Gasteiger partial charge in [0, 0.05) is 19.6 Å². The molecule has 0 aromatic heterocycles. The van der Waals surface area contributed by atoms with Gasteiger partial charge in [-0.05, 0) is 44.1 Å². The van der Waals surface area contributed by atoms with Crippen molar-refractivity contribution in [2.75, 3.05) is 40.5 Å². The number of hydrogen-bond acceptors (Lipinski definition) is 4. The molecule has 142 valence electrons. The van der Waals surface area contributed by atoms with Gasteiger partial charge in [0.05, 0.1) is 6.54 Å². The van der Waals surface area contributed by atoms with E-state index in [0.29, 0.717) is 13.3 Å². The van der Waals surface area contributed by atoms with Crippen LogP contribution in [0.15, 0.2) is 23.2 Å². The van der Waals surface area contributed by atoms with Gasteiger partial charge < -0.3 is 25.0 Å². The molecule has 1 heterocycles. The fourth-order valence-corrected chi connectivity index (χ4v) is 2.79. The minimum absolute atomic E-state index is 0. The average Bonchev–Trinajstić information content (AvgIpc) is 2.96. The second-order valence-electron chi connectivity index (χ2n) is 7.14. The lowest BCUT2D eigenvalue weighted by atomic mass is 9.93. The van der Waals surface area contributed by atoms with Crippen molar-refractivity contribution in [1.29, 1.82) is 0 Å². The monoisotopic (exact) mass is 462 g/mol. The zero-order valence-corrected chi connectivity index (χ0v) is 18.2. The molecule has 7 heteroatoms. The molecule has 1 aromatic rings. The van der Waals surface area contributed by atoms with E-state index in [1.54, 1.807) is 0 Å². The molecule has 0 saturated carbocycles. The van der Waals surface area contributed by atoms with Crippen molar-refractivity contribution in [3.63, 3.8) is 0 Å². The summed E-state index contributed by atoms with van der Waals surface area (Å²) in [5.74, 6) is 2.44. The number of halogens is 1. The van der Waals surface area contributed by atoms with Crippen molar-refractivity contribution in [2.24, 2.45) is 10.4 Å². The van der Waals surface area contributed by atoms with Gasteiger partial charge >= 0.3 is 0 Å². The third kappa shape index (κ3) is 7.27. The summed E-state index contributed by atoms with van der Waals surface area (Å²) in [5, 5.41) is 6.75. The predicted molar refractivity (Wildman–Crippen MR) is 113 cm³/mol. The van der Waals surface area contributed by atoms with E-state index in [-0.39, 0.29) is 29.4 Å². The molecule has 0 aliphatic carbocycles. The van der Waals surface area contributed by atoms with Crippen molar-refractivity contribution in [1.82, 2.24) is 15.5 Å². The second kappa shape index (κ2) is 10.1. The topological polar surface area (TPSA) is 58.1 Å². The smallest absolute Gasteiger partial charge is 0.231 e. The van der Waals surface area contributed by atoms with Gasteiger partial charge in [-0.25, -0.2) is 4.99 Å². The molecule has 0 saturated heterocycles. The Morgan fingerprint density at radius 3 is 2.60 bits per heavy atom. The van der Waals surface area contributed by atoms with Gasteiger partial charge in [0.1, 0.15) is 0 Å². The summed E-state index contributed by atoms with van der Waals surface area (Å²) in [5.41, 5.74) is 1.27. The molecule has 0 spiro atoms. The Labute approximate surface area is 168 Å². The summed E-state index contributed by atoms with van der Waals surface area (Å²) in [6.45, 7) is 10.2. The Bertz CT molecular complexity index is 576. The predicted octanol–water partition coefficient (Wildman–Crippen LogP) is 2.68. The Kier molecular flexibility index (Phi) is 8.78. The Morgan fingerprint density at radius 1 is 1.20 bits per heavy atom. The van der Waals surface area contributed by atoms with E-state index in [1.807, 2.05) is 18.2 Å². The molecule has 0 amide bonds. The molecule has 6 nitrogen and oxygen atoms in total. The van der Waals surface area contributed by atoms with Gasteiger partial charge in [0.2, 0.25) is 6.79 Å². The average molecular weight is 462 g/mol. The van der Waals surface area contributed by atoms with E-state index in [4.69, 9.17) is 9.47 Å². The number of nitrogens with zero attached hydrogens (tertiary/aromatic N) is 2. The van der Waals surface area contributed by atoms with Crippen LogP contribution < -0.4 is 20.1 Å². The van der Waals surface area contributed by atoms with Crippen molar-refractivity contribution >= 4 is 29.9 Å². The lowest BCUT2D eigenvalue weighted by Gasteiger charge is -2.29. The maximum absolute atomic E-state index is 5.42. The summed E-state index contributed by atoms with van der Waals surface area (Å²) in [4.78, 5) is 6.88. The molecule has 25 heavy (non-hydrogen) atoms. The Morgan fingerprint density at radius 2 is 1.92 bits per heavy atom. The van der Waals surface area contributed by atoms with E-state index in [9.17, 15) is 0 Å². The lowest BCUT2D eigenvalue weighted by molar-refractivity contribution is 0.174. The molecule has 0 bridgehead atoms. The molecule has 0 radical (unpaired) electrons. The largest absolute Gasteiger partial charge is 0.454 e. The molecule has 1 aliphatic heterocycles. The van der Waals surface area contributed by atoms with Crippen LogP contribution in [0, 0.1) is 5.41 Å². The Hall–Kier alpha value is -1.22. The highest BCUT2D eigenvalue weighted by molar-refractivity contribution is 14.0. The standard InChI is InChI=1S/C18H30N4O2.HI/c1-6-19-17(21-11-18(2,3)12-22(4)5)20-10-14-7-8-15-16(9-14)24-13-23-15;/h7-9H,6,10-13H2,1-5H3,(H2,19,20,21);1H. The van der Waals surface area contributed by atoms with Gasteiger partial charge in [-0.15, -0.1) is 24.0 Å². The first-order valence-corrected chi connectivity index (χ1v) is 8.45. The maximum atomic E-state index is 5.42. The first-order valence-electron chi connectivity index (χ1n) is 8.45. The highest BCUT2D eigenvalue weighted by Gasteiger charge is 2.19. The molecule has 2 rings (SSSR count). The van der Waals surface area contributed by atoms with Gasteiger partial charge in [0.25, 0.3) is 0 Å². The fourth-order valence-electron chi connectivity index (χ4n) is 2.79. The number of rotatable bonds is 7. The van der Waals surface area contributed by atoms with Gasteiger partial charge in [-0.2, -0.15) is 0 Å². The van der Waals surface area contributed by atoms with Crippen molar-refractivity contribution < 1.29 is 9.47 Å². The quantitative estimate of drug-likeness (QED) is 0.371. The van der Waals surface area contributed by atoms with E-state index < -0.39 is 0 Å². The van der Waals surface area contributed by atoms with Crippen LogP contribution in [-0.4, -0.2) is 51.4 Å². The van der Waals surface area contributed by atoms with Crippen molar-refractivity contribution in [2.45, 2.75) is 27.3 Å². The fraction of sp³-hybridized carbons (Fsp3) is 0.611. The molecule has 0 unspecified atom stereocenters. The van der Waals surface area contributed by atoms with Crippen LogP contribution in [0.5, 0.6) is 11.5 Å². The molecule has 0 fully saturated rings. The number of aliphatic imine (C=N–C) groups is 1. The summed E-state index contributed by atoms with van der Waals surface area (Å²) >= 11 is 0. The first kappa shape index (κ1) is 21.8. The number of hydrogen-bond donors (Lipinski definition) is 2. The third-order valence-electron chi connectivity index (χ3n) is 3.68. The third-order valence-corrected chi connectivity index (χ3v) is 3.68. The van der Waals surface area contributed by atoms with Crippen LogP contribution in [0.2, 0.25) is 0 Å². The number of guanidine groups is 1.